The number of piperidine rings is 2. The summed E-state index contributed by atoms with van der Waals surface area (Å²) in [7, 11) is -3.48. The monoisotopic (exact) mass is 935 g/mol. The molecule has 3 aliphatic heterocycles. The molecule has 0 radical (unpaired) electrons. The van der Waals surface area contributed by atoms with Crippen LogP contribution >= 0.6 is 11.6 Å². The number of amides is 5. The number of hydrogen-bond donors (Lipinski definition) is 5. The fourth-order valence-electron chi connectivity index (χ4n) is 9.00. The molecule has 346 valence electrons. The summed E-state index contributed by atoms with van der Waals surface area (Å²) in [6.07, 6.45) is 9.33. The van der Waals surface area contributed by atoms with E-state index in [1.807, 2.05) is 29.2 Å². The minimum atomic E-state index is -3.48. The van der Waals surface area contributed by atoms with Crippen LogP contribution in [0.25, 0.3) is 0 Å². The van der Waals surface area contributed by atoms with Crippen molar-refractivity contribution in [2.45, 2.75) is 93.3 Å². The molecule has 1 atom stereocenters. The zero-order valence-corrected chi connectivity index (χ0v) is 38.3. The third-order valence-electron chi connectivity index (χ3n) is 12.6. The van der Waals surface area contributed by atoms with E-state index in [1.165, 1.54) is 22.7 Å². The molecule has 1 unspecified atom stereocenters. The van der Waals surface area contributed by atoms with Gasteiger partial charge in [-0.3, -0.25) is 19.7 Å². The predicted octanol–water partition coefficient (Wildman–Crippen LogP) is 6.03. The predicted molar refractivity (Wildman–Crippen MR) is 251 cm³/mol. The number of halogens is 1. The van der Waals surface area contributed by atoms with Crippen molar-refractivity contribution in [1.29, 1.82) is 0 Å². The molecule has 5 N–H and O–H groups in total. The molecule has 1 aromatic heterocycles. The summed E-state index contributed by atoms with van der Waals surface area (Å²) < 4.78 is 30.4. The number of carbonyl (C=O) groups is 4. The molecule has 5 amide bonds. The number of anilines is 4. The van der Waals surface area contributed by atoms with Crippen molar-refractivity contribution in [1.82, 2.24) is 35.7 Å². The average molecular weight is 937 g/mol. The number of nitrogens with one attached hydrogen (secondary N) is 5. The normalized spacial score (nSPS) is 20.0. The molecule has 0 bridgehead atoms. The first-order chi connectivity index (χ1) is 31.9. The van der Waals surface area contributed by atoms with Crippen LogP contribution in [0.5, 0.6) is 0 Å². The van der Waals surface area contributed by atoms with Gasteiger partial charge in [-0.1, -0.05) is 47.7 Å². The van der Waals surface area contributed by atoms with Crippen molar-refractivity contribution in [3.63, 3.8) is 0 Å². The Morgan fingerprint density at radius 1 is 0.924 bits per heavy atom. The minimum absolute atomic E-state index is 0.0141. The van der Waals surface area contributed by atoms with Gasteiger partial charge in [-0.2, -0.15) is 4.98 Å². The molecule has 2 saturated heterocycles. The number of nitrogens with zero attached hydrogens (tertiary/aromatic N) is 4. The molecule has 4 heterocycles. The highest BCUT2D eigenvalue weighted by Crippen LogP contribution is 2.32. The quantitative estimate of drug-likeness (QED) is 0.0559. The van der Waals surface area contributed by atoms with E-state index < -0.39 is 21.8 Å². The van der Waals surface area contributed by atoms with Gasteiger partial charge in [0, 0.05) is 74.2 Å². The first-order valence-corrected chi connectivity index (χ1v) is 24.7. The van der Waals surface area contributed by atoms with Crippen LogP contribution in [-0.2, 0) is 30.7 Å². The Morgan fingerprint density at radius 3 is 2.44 bits per heavy atom. The molecule has 3 fully saturated rings. The fourth-order valence-corrected chi connectivity index (χ4v) is 9.99. The van der Waals surface area contributed by atoms with Gasteiger partial charge in [0.1, 0.15) is 11.1 Å². The van der Waals surface area contributed by atoms with Crippen LogP contribution in [0.4, 0.5) is 27.9 Å². The van der Waals surface area contributed by atoms with E-state index >= 15 is 0 Å². The summed E-state index contributed by atoms with van der Waals surface area (Å²) in [6, 6.07) is 20.1. The van der Waals surface area contributed by atoms with E-state index in [4.69, 9.17) is 16.3 Å². The lowest BCUT2D eigenvalue weighted by Crippen LogP contribution is -2.52. The summed E-state index contributed by atoms with van der Waals surface area (Å²) >= 11 is 6.36. The van der Waals surface area contributed by atoms with Gasteiger partial charge in [0.05, 0.1) is 30.0 Å². The summed E-state index contributed by atoms with van der Waals surface area (Å²) in [5.74, 6) is 6.30. The molecular formula is C48H54ClN9O7S. The van der Waals surface area contributed by atoms with Gasteiger partial charge < -0.3 is 35.8 Å². The largest absolute Gasteiger partial charge is 0.379 e. The Bertz CT molecular complexity index is 2620. The van der Waals surface area contributed by atoms with E-state index in [-0.39, 0.29) is 46.0 Å². The Kier molecular flexibility index (Phi) is 14.8. The topological polar surface area (TPSA) is 204 Å². The van der Waals surface area contributed by atoms with Crippen LogP contribution in [-0.4, -0.2) is 109 Å². The highest BCUT2D eigenvalue weighted by molar-refractivity contribution is 7.90. The van der Waals surface area contributed by atoms with Gasteiger partial charge in [-0.15, -0.1) is 0 Å². The van der Waals surface area contributed by atoms with E-state index in [0.717, 1.165) is 68.1 Å². The fraction of sp³-hybridized carbons (Fsp3) is 0.417. The third kappa shape index (κ3) is 11.7. The maximum Gasteiger partial charge on any atom is 0.317 e. The molecule has 8 rings (SSSR count). The molecule has 4 aliphatic rings. The molecule has 1 aliphatic carbocycles. The van der Waals surface area contributed by atoms with Crippen LogP contribution < -0.4 is 26.6 Å². The van der Waals surface area contributed by atoms with Crippen molar-refractivity contribution < 1.29 is 32.3 Å². The number of carbonyl (C=O) groups excluding carboxylic acids is 4. The van der Waals surface area contributed by atoms with Crippen molar-refractivity contribution in [2.24, 2.45) is 0 Å². The zero-order chi connectivity index (χ0) is 46.2. The lowest BCUT2D eigenvalue weighted by atomic mass is 9.89. The van der Waals surface area contributed by atoms with Gasteiger partial charge in [-0.25, -0.2) is 18.2 Å². The molecule has 0 spiro atoms. The van der Waals surface area contributed by atoms with Gasteiger partial charge in [0.15, 0.2) is 15.7 Å². The van der Waals surface area contributed by atoms with E-state index in [0.29, 0.717) is 74.8 Å². The average Bonchev–Trinajstić information content (AvgIpc) is 3.63. The SMILES string of the molecule is CS(=O)(=O)c1ccccc1Nc1nc(Nc2ccc(C3CCN(C(=O)NC4CCC(NCCOCCC#Cc5ccc6c(c5)CN(C5CCC(=O)NC5=O)C6=O)CC4)CC3)cc2)ncc1Cl. The van der Waals surface area contributed by atoms with Crippen LogP contribution in [0.1, 0.15) is 90.8 Å². The van der Waals surface area contributed by atoms with Gasteiger partial charge in [0.25, 0.3) is 5.91 Å². The van der Waals surface area contributed by atoms with Gasteiger partial charge in [0.2, 0.25) is 17.8 Å². The Labute approximate surface area is 389 Å². The molecular weight excluding hydrogens is 882 g/mol. The second kappa shape index (κ2) is 21.1. The smallest absolute Gasteiger partial charge is 0.317 e. The standard InChI is InChI=1S/C48H54ClN9O7S/c1-66(63,64)42-8-3-2-7-40(42)54-44-39(49)29-51-47(56-44)52-36-12-10-32(11-13-36)33-21-24-57(25-22-33)48(62)53-37-16-14-35(15-17-37)50-23-27-65-26-5-4-6-31-9-18-38-34(28-31)30-58(46(38)61)41-19-20-43(59)55-45(41)60/h2-3,7-13,18,28-29,33,35,37,41,50H,5,14-17,19-27,30H2,1H3,(H,53,62)(H,55,59,60)(H2,51,52,54,56). The lowest BCUT2D eigenvalue weighted by molar-refractivity contribution is -0.136. The van der Waals surface area contributed by atoms with Crippen molar-refractivity contribution in [3.05, 3.63) is 100 Å². The molecule has 4 aromatic rings. The summed E-state index contributed by atoms with van der Waals surface area (Å²) in [6.45, 7) is 3.55. The van der Waals surface area contributed by atoms with E-state index in [9.17, 15) is 27.6 Å². The number of para-hydroxylation sites is 1. The number of sulfone groups is 1. The van der Waals surface area contributed by atoms with Crippen molar-refractivity contribution in [3.8, 4) is 11.8 Å². The van der Waals surface area contributed by atoms with Gasteiger partial charge >= 0.3 is 6.03 Å². The second-order valence-corrected chi connectivity index (χ2v) is 19.6. The summed E-state index contributed by atoms with van der Waals surface area (Å²) in [5.41, 5.74) is 4.57. The Hall–Kier alpha value is -6.06. The number of ether oxygens (including phenoxy) is 1. The first kappa shape index (κ1) is 46.5. The van der Waals surface area contributed by atoms with Crippen LogP contribution in [0.15, 0.2) is 77.8 Å². The highest BCUT2D eigenvalue weighted by Gasteiger charge is 2.39. The minimum Gasteiger partial charge on any atom is -0.379 e. The molecule has 16 nitrogen and oxygen atoms in total. The third-order valence-corrected chi connectivity index (χ3v) is 14.0. The Balaban J connectivity index is 0.689. The zero-order valence-electron chi connectivity index (χ0n) is 36.8. The van der Waals surface area contributed by atoms with Crippen molar-refractivity contribution in [2.75, 3.05) is 49.7 Å². The molecule has 66 heavy (non-hydrogen) atoms. The number of benzene rings is 3. The van der Waals surface area contributed by atoms with E-state index in [1.54, 1.807) is 24.3 Å². The number of rotatable bonds is 14. The maximum atomic E-state index is 13.2. The second-order valence-electron chi connectivity index (χ2n) is 17.2. The molecule has 3 aromatic carbocycles. The first-order valence-electron chi connectivity index (χ1n) is 22.5. The van der Waals surface area contributed by atoms with Crippen LogP contribution in [0.2, 0.25) is 5.02 Å². The molecule has 18 heteroatoms. The van der Waals surface area contributed by atoms with E-state index in [2.05, 4.69) is 60.5 Å². The number of hydrogen-bond acceptors (Lipinski definition) is 12. The van der Waals surface area contributed by atoms with Crippen LogP contribution in [0.3, 0.4) is 0 Å². The number of urea groups is 1. The maximum absolute atomic E-state index is 13.2. The Morgan fingerprint density at radius 2 is 1.68 bits per heavy atom. The summed E-state index contributed by atoms with van der Waals surface area (Å²) in [4.78, 5) is 62.4. The van der Waals surface area contributed by atoms with Crippen molar-refractivity contribution >= 4 is 68.3 Å². The summed E-state index contributed by atoms with van der Waals surface area (Å²) in [5, 5.41) is 15.7. The number of imide groups is 1. The number of fused-ring (bicyclic) bond motifs is 1. The number of aromatic nitrogens is 2. The number of likely N-dealkylation sites (tertiary alicyclic amines) is 1. The highest BCUT2D eigenvalue weighted by atomic mass is 35.5. The van der Waals surface area contributed by atoms with Gasteiger partial charge in [-0.05, 0) is 104 Å². The lowest BCUT2D eigenvalue weighted by Gasteiger charge is -2.35. The van der Waals surface area contributed by atoms with Crippen LogP contribution in [0, 0.1) is 11.8 Å². The molecule has 1 saturated carbocycles.